The minimum Gasteiger partial charge on any atom is -0.378 e. The lowest BCUT2D eigenvalue weighted by molar-refractivity contribution is -0.117. The van der Waals surface area contributed by atoms with E-state index < -0.39 is 0 Å². The number of carbonyl (C=O) groups is 1. The van der Waals surface area contributed by atoms with E-state index in [2.05, 4.69) is 0 Å². The van der Waals surface area contributed by atoms with E-state index in [0.717, 1.165) is 17.9 Å². The summed E-state index contributed by atoms with van der Waals surface area (Å²) in [6.45, 7) is 1.32. The second kappa shape index (κ2) is 4.75. The van der Waals surface area contributed by atoms with Crippen LogP contribution in [0.4, 0.5) is 11.4 Å². The lowest BCUT2D eigenvalue weighted by Crippen LogP contribution is -2.25. The Hall–Kier alpha value is -1.55. The van der Waals surface area contributed by atoms with Gasteiger partial charge in [0.25, 0.3) is 0 Å². The van der Waals surface area contributed by atoms with Crippen molar-refractivity contribution in [2.45, 2.75) is 6.42 Å². The third-order valence-electron chi connectivity index (χ3n) is 3.20. The highest BCUT2D eigenvalue weighted by molar-refractivity contribution is 5.96. The van der Waals surface area contributed by atoms with Crippen molar-refractivity contribution >= 4 is 17.3 Å². The molecule has 0 spiro atoms. The number of carbonyl (C=O) groups excluding carboxylic acids is 1. The Morgan fingerprint density at radius 1 is 1.47 bits per heavy atom. The van der Waals surface area contributed by atoms with Gasteiger partial charge in [-0.05, 0) is 30.7 Å². The molecule has 1 amide bonds. The average Bonchev–Trinajstić information content (AvgIpc) is 2.71. The first-order valence-electron chi connectivity index (χ1n) is 5.89. The molecule has 0 radical (unpaired) electrons. The minimum atomic E-state index is 0.177. The van der Waals surface area contributed by atoms with Crippen LogP contribution in [0, 0.1) is 5.92 Å². The summed E-state index contributed by atoms with van der Waals surface area (Å²) in [5.74, 6) is 0.474. The van der Waals surface area contributed by atoms with Gasteiger partial charge in [-0.25, -0.2) is 0 Å². The average molecular weight is 233 g/mol. The second-order valence-corrected chi connectivity index (χ2v) is 4.72. The number of nitrogens with two attached hydrogens (primary N) is 1. The van der Waals surface area contributed by atoms with Crippen LogP contribution in [0.2, 0.25) is 0 Å². The summed E-state index contributed by atoms with van der Waals surface area (Å²) in [7, 11) is 3.99. The Morgan fingerprint density at radius 2 is 2.24 bits per heavy atom. The molecule has 1 aliphatic rings. The molecule has 92 valence electrons. The maximum absolute atomic E-state index is 11.9. The first-order valence-corrected chi connectivity index (χ1v) is 5.89. The minimum absolute atomic E-state index is 0.177. The first-order chi connectivity index (χ1) is 8.11. The van der Waals surface area contributed by atoms with Crippen LogP contribution in [0.15, 0.2) is 24.3 Å². The molecule has 1 aromatic carbocycles. The van der Waals surface area contributed by atoms with E-state index in [4.69, 9.17) is 5.73 Å². The Balaban J connectivity index is 2.22. The number of anilines is 2. The standard InChI is InChI=1S/C13H19N3O/c1-15(2)11-4-3-5-12(7-11)16-9-10(8-14)6-13(16)17/h3-5,7,10H,6,8-9,14H2,1-2H3. The van der Waals surface area contributed by atoms with Crippen molar-refractivity contribution in [1.29, 1.82) is 0 Å². The molecule has 17 heavy (non-hydrogen) atoms. The molecule has 0 bridgehead atoms. The Kier molecular flexibility index (Phi) is 3.33. The van der Waals surface area contributed by atoms with Crippen molar-refractivity contribution in [1.82, 2.24) is 0 Å². The molecule has 2 N–H and O–H groups in total. The lowest BCUT2D eigenvalue weighted by Gasteiger charge is -2.19. The molecular formula is C13H19N3O. The predicted molar refractivity (Wildman–Crippen MR) is 70.3 cm³/mol. The van der Waals surface area contributed by atoms with Gasteiger partial charge in [-0.15, -0.1) is 0 Å². The first kappa shape index (κ1) is 11.9. The molecule has 2 rings (SSSR count). The third-order valence-corrected chi connectivity index (χ3v) is 3.20. The van der Waals surface area contributed by atoms with Crippen LogP contribution in [0.3, 0.4) is 0 Å². The number of nitrogens with zero attached hydrogens (tertiary/aromatic N) is 2. The van der Waals surface area contributed by atoms with Gasteiger partial charge in [0.05, 0.1) is 0 Å². The molecule has 4 nitrogen and oxygen atoms in total. The normalized spacial score (nSPS) is 19.8. The maximum Gasteiger partial charge on any atom is 0.227 e. The van der Waals surface area contributed by atoms with Crippen LogP contribution < -0.4 is 15.5 Å². The molecule has 1 heterocycles. The fraction of sp³-hybridized carbons (Fsp3) is 0.462. The number of amides is 1. The molecule has 1 fully saturated rings. The molecule has 4 heteroatoms. The summed E-state index contributed by atoms with van der Waals surface area (Å²) < 4.78 is 0. The van der Waals surface area contributed by atoms with E-state index in [0.29, 0.717) is 18.9 Å². The maximum atomic E-state index is 11.9. The molecule has 0 aliphatic carbocycles. The second-order valence-electron chi connectivity index (χ2n) is 4.72. The zero-order valence-corrected chi connectivity index (χ0v) is 10.4. The van der Waals surface area contributed by atoms with E-state index >= 15 is 0 Å². The van der Waals surface area contributed by atoms with Crippen molar-refractivity contribution in [2.24, 2.45) is 11.7 Å². The highest BCUT2D eigenvalue weighted by atomic mass is 16.2. The molecule has 1 aliphatic heterocycles. The fourth-order valence-corrected chi connectivity index (χ4v) is 2.13. The van der Waals surface area contributed by atoms with Crippen LogP contribution in [0.25, 0.3) is 0 Å². The number of rotatable bonds is 3. The summed E-state index contributed by atoms with van der Waals surface area (Å²) >= 11 is 0. The lowest BCUT2D eigenvalue weighted by atomic mass is 10.1. The third kappa shape index (κ3) is 2.42. The molecule has 1 atom stereocenters. The molecule has 1 unspecified atom stereocenters. The number of hydrogen-bond acceptors (Lipinski definition) is 3. The van der Waals surface area contributed by atoms with Crippen LogP contribution >= 0.6 is 0 Å². The Labute approximate surface area is 102 Å². The van der Waals surface area contributed by atoms with Gasteiger partial charge in [-0.2, -0.15) is 0 Å². The van der Waals surface area contributed by atoms with Crippen LogP contribution in [0.5, 0.6) is 0 Å². The monoisotopic (exact) mass is 233 g/mol. The largest absolute Gasteiger partial charge is 0.378 e. The summed E-state index contributed by atoms with van der Waals surface area (Å²) in [6.07, 6.45) is 0.572. The SMILES string of the molecule is CN(C)c1cccc(N2CC(CN)CC2=O)c1. The summed E-state index contributed by atoms with van der Waals surface area (Å²) in [5, 5.41) is 0. The number of benzene rings is 1. The van der Waals surface area contributed by atoms with E-state index in [1.165, 1.54) is 0 Å². The van der Waals surface area contributed by atoms with Gasteiger partial charge in [0.15, 0.2) is 0 Å². The van der Waals surface area contributed by atoms with Crippen molar-refractivity contribution in [3.63, 3.8) is 0 Å². The van der Waals surface area contributed by atoms with Gasteiger partial charge in [-0.3, -0.25) is 4.79 Å². The fourth-order valence-electron chi connectivity index (χ4n) is 2.13. The molecule has 1 saturated heterocycles. The van der Waals surface area contributed by atoms with Crippen molar-refractivity contribution in [3.05, 3.63) is 24.3 Å². The molecule has 1 aromatic rings. The van der Waals surface area contributed by atoms with Gasteiger partial charge in [0.1, 0.15) is 0 Å². The van der Waals surface area contributed by atoms with Crippen molar-refractivity contribution < 1.29 is 4.79 Å². The van der Waals surface area contributed by atoms with Gasteiger partial charge < -0.3 is 15.5 Å². The van der Waals surface area contributed by atoms with E-state index in [1.54, 1.807) is 0 Å². The smallest absolute Gasteiger partial charge is 0.227 e. The quantitative estimate of drug-likeness (QED) is 0.849. The molecule has 0 saturated carbocycles. The Bertz CT molecular complexity index is 417. The van der Waals surface area contributed by atoms with Gasteiger partial charge in [0.2, 0.25) is 5.91 Å². The van der Waals surface area contributed by atoms with Crippen LogP contribution in [-0.4, -0.2) is 33.1 Å². The van der Waals surface area contributed by atoms with E-state index in [1.807, 2.05) is 48.2 Å². The van der Waals surface area contributed by atoms with E-state index in [9.17, 15) is 4.79 Å². The highest BCUT2D eigenvalue weighted by Crippen LogP contribution is 2.27. The molecule has 0 aromatic heterocycles. The highest BCUT2D eigenvalue weighted by Gasteiger charge is 2.29. The Morgan fingerprint density at radius 3 is 2.82 bits per heavy atom. The summed E-state index contributed by atoms with van der Waals surface area (Å²) in [6, 6.07) is 8.03. The van der Waals surface area contributed by atoms with Crippen molar-refractivity contribution in [2.75, 3.05) is 37.0 Å². The zero-order valence-electron chi connectivity index (χ0n) is 10.4. The van der Waals surface area contributed by atoms with Crippen molar-refractivity contribution in [3.8, 4) is 0 Å². The number of hydrogen-bond donors (Lipinski definition) is 1. The van der Waals surface area contributed by atoms with E-state index in [-0.39, 0.29) is 5.91 Å². The van der Waals surface area contributed by atoms with Crippen LogP contribution in [0.1, 0.15) is 6.42 Å². The van der Waals surface area contributed by atoms with Gasteiger partial charge >= 0.3 is 0 Å². The summed E-state index contributed by atoms with van der Waals surface area (Å²) in [5.41, 5.74) is 7.70. The molecular weight excluding hydrogens is 214 g/mol. The van der Waals surface area contributed by atoms with Gasteiger partial charge in [0, 0.05) is 38.4 Å². The van der Waals surface area contributed by atoms with Crippen LogP contribution in [-0.2, 0) is 4.79 Å². The summed E-state index contributed by atoms with van der Waals surface area (Å²) in [4.78, 5) is 15.8. The topological polar surface area (TPSA) is 49.6 Å². The predicted octanol–water partition coefficient (Wildman–Crippen LogP) is 1.06. The zero-order chi connectivity index (χ0) is 12.4. The van der Waals surface area contributed by atoms with Gasteiger partial charge in [-0.1, -0.05) is 6.07 Å².